The molecule has 0 radical (unpaired) electrons. The van der Waals surface area contributed by atoms with Crippen LogP contribution in [-0.4, -0.2) is 17.9 Å². The van der Waals surface area contributed by atoms with E-state index in [0.717, 1.165) is 4.47 Å². The lowest BCUT2D eigenvalue weighted by molar-refractivity contribution is 0.103. The number of carbonyl (C=O) groups excluding carboxylic acids is 1. The number of aromatic nitrogens is 1. The first kappa shape index (κ1) is 13.1. The SMILES string of the molecule is COc1ccc(C(=O)c2cncc(Br)c2)cc1Cl. The van der Waals surface area contributed by atoms with Crippen molar-refractivity contribution in [2.75, 3.05) is 7.11 Å². The van der Waals surface area contributed by atoms with E-state index in [1.807, 2.05) is 0 Å². The van der Waals surface area contributed by atoms with Gasteiger partial charge in [0.25, 0.3) is 0 Å². The molecule has 2 aromatic rings. The first-order chi connectivity index (χ1) is 8.61. The average Bonchev–Trinajstić information content (AvgIpc) is 2.37. The number of pyridine rings is 1. The van der Waals surface area contributed by atoms with Crippen LogP contribution in [0.1, 0.15) is 15.9 Å². The van der Waals surface area contributed by atoms with Crippen LogP contribution in [0.15, 0.2) is 41.1 Å². The molecule has 0 bridgehead atoms. The van der Waals surface area contributed by atoms with Crippen LogP contribution in [0.25, 0.3) is 0 Å². The van der Waals surface area contributed by atoms with E-state index in [2.05, 4.69) is 20.9 Å². The van der Waals surface area contributed by atoms with Gasteiger partial charge in [0, 0.05) is 28.0 Å². The fraction of sp³-hybridized carbons (Fsp3) is 0.0769. The predicted molar refractivity (Wildman–Crippen MR) is 73.4 cm³/mol. The Bertz CT molecular complexity index is 601. The topological polar surface area (TPSA) is 39.2 Å². The van der Waals surface area contributed by atoms with Crippen LogP contribution in [0.5, 0.6) is 5.75 Å². The van der Waals surface area contributed by atoms with Crippen LogP contribution in [-0.2, 0) is 0 Å². The number of halogens is 2. The Hall–Kier alpha value is -1.39. The van der Waals surface area contributed by atoms with E-state index in [4.69, 9.17) is 16.3 Å². The average molecular weight is 327 g/mol. The lowest BCUT2D eigenvalue weighted by Gasteiger charge is -2.05. The number of hydrogen-bond donors (Lipinski definition) is 0. The molecule has 0 saturated carbocycles. The Morgan fingerprint density at radius 2 is 2.06 bits per heavy atom. The fourth-order valence-electron chi connectivity index (χ4n) is 1.51. The molecule has 92 valence electrons. The highest BCUT2D eigenvalue weighted by Crippen LogP contribution is 2.26. The van der Waals surface area contributed by atoms with Crippen LogP contribution < -0.4 is 4.74 Å². The summed E-state index contributed by atoms with van der Waals surface area (Å²) >= 11 is 9.27. The summed E-state index contributed by atoms with van der Waals surface area (Å²) in [5.74, 6) is 0.411. The Kier molecular flexibility index (Phi) is 3.99. The molecular weight excluding hydrogens is 318 g/mol. The molecule has 1 aromatic carbocycles. The van der Waals surface area contributed by atoms with Crippen molar-refractivity contribution in [2.24, 2.45) is 0 Å². The van der Waals surface area contributed by atoms with Gasteiger partial charge in [-0.15, -0.1) is 0 Å². The third-order valence-electron chi connectivity index (χ3n) is 2.38. The van der Waals surface area contributed by atoms with Gasteiger partial charge in [0.2, 0.25) is 0 Å². The van der Waals surface area contributed by atoms with Crippen molar-refractivity contribution in [1.29, 1.82) is 0 Å². The summed E-state index contributed by atoms with van der Waals surface area (Å²) in [5, 5.41) is 0.409. The zero-order valence-corrected chi connectivity index (χ0v) is 11.8. The number of methoxy groups -OCH3 is 1. The summed E-state index contributed by atoms with van der Waals surface area (Å²) in [4.78, 5) is 16.2. The first-order valence-electron chi connectivity index (χ1n) is 5.10. The number of rotatable bonds is 3. The second kappa shape index (κ2) is 5.50. The van der Waals surface area contributed by atoms with Crippen molar-refractivity contribution in [3.8, 4) is 5.75 Å². The molecule has 0 aliphatic rings. The van der Waals surface area contributed by atoms with Gasteiger partial charge in [0.1, 0.15) is 5.75 Å². The van der Waals surface area contributed by atoms with E-state index < -0.39 is 0 Å². The number of ketones is 1. The van der Waals surface area contributed by atoms with Crippen molar-refractivity contribution in [1.82, 2.24) is 4.98 Å². The second-order valence-corrected chi connectivity index (χ2v) is 4.89. The maximum Gasteiger partial charge on any atom is 0.194 e. The molecular formula is C13H9BrClNO2. The molecule has 0 amide bonds. The van der Waals surface area contributed by atoms with Gasteiger partial charge < -0.3 is 4.74 Å². The molecule has 18 heavy (non-hydrogen) atoms. The molecule has 0 atom stereocenters. The molecule has 3 nitrogen and oxygen atoms in total. The smallest absolute Gasteiger partial charge is 0.194 e. The number of carbonyl (C=O) groups is 1. The quantitative estimate of drug-likeness (QED) is 0.807. The summed E-state index contributed by atoms with van der Waals surface area (Å²) in [6.45, 7) is 0. The summed E-state index contributed by atoms with van der Waals surface area (Å²) in [7, 11) is 1.53. The molecule has 0 unspecified atom stereocenters. The molecule has 5 heteroatoms. The standard InChI is InChI=1S/C13H9BrClNO2/c1-18-12-3-2-8(5-11(12)15)13(17)9-4-10(14)7-16-6-9/h2-7H,1H3. The molecule has 2 rings (SSSR count). The molecule has 0 N–H and O–H groups in total. The maximum atomic E-state index is 12.2. The third-order valence-corrected chi connectivity index (χ3v) is 3.11. The number of nitrogens with zero attached hydrogens (tertiary/aromatic N) is 1. The Morgan fingerprint density at radius 3 is 2.67 bits per heavy atom. The van der Waals surface area contributed by atoms with E-state index in [-0.39, 0.29) is 5.78 Å². The largest absolute Gasteiger partial charge is 0.495 e. The molecule has 0 aliphatic heterocycles. The first-order valence-corrected chi connectivity index (χ1v) is 6.27. The van der Waals surface area contributed by atoms with Gasteiger partial charge in [-0.3, -0.25) is 9.78 Å². The van der Waals surface area contributed by atoms with Crippen LogP contribution in [0, 0.1) is 0 Å². The molecule has 0 spiro atoms. The number of hydrogen-bond acceptors (Lipinski definition) is 3. The Balaban J connectivity index is 2.37. The third kappa shape index (κ3) is 2.71. The van der Waals surface area contributed by atoms with E-state index in [0.29, 0.717) is 21.9 Å². The Labute approximate surface area is 118 Å². The van der Waals surface area contributed by atoms with Crippen LogP contribution >= 0.6 is 27.5 Å². The van der Waals surface area contributed by atoms with Gasteiger partial charge in [-0.2, -0.15) is 0 Å². The van der Waals surface area contributed by atoms with E-state index in [1.54, 1.807) is 30.5 Å². The second-order valence-electron chi connectivity index (χ2n) is 3.57. The number of ether oxygens (including phenoxy) is 1. The molecule has 0 aliphatic carbocycles. The molecule has 0 saturated heterocycles. The highest BCUT2D eigenvalue weighted by Gasteiger charge is 2.12. The maximum absolute atomic E-state index is 12.2. The van der Waals surface area contributed by atoms with Crippen molar-refractivity contribution in [2.45, 2.75) is 0 Å². The van der Waals surface area contributed by atoms with Crippen molar-refractivity contribution in [3.63, 3.8) is 0 Å². The summed E-state index contributed by atoms with van der Waals surface area (Å²) in [5.41, 5.74) is 1.01. The van der Waals surface area contributed by atoms with Gasteiger partial charge in [-0.25, -0.2) is 0 Å². The van der Waals surface area contributed by atoms with Gasteiger partial charge in [0.15, 0.2) is 5.78 Å². The van der Waals surface area contributed by atoms with Gasteiger partial charge >= 0.3 is 0 Å². The minimum absolute atomic E-state index is 0.131. The summed E-state index contributed by atoms with van der Waals surface area (Å²) in [6.07, 6.45) is 3.14. The van der Waals surface area contributed by atoms with Crippen LogP contribution in [0.2, 0.25) is 5.02 Å². The predicted octanol–water partition coefficient (Wildman–Crippen LogP) is 3.74. The van der Waals surface area contributed by atoms with E-state index in [9.17, 15) is 4.79 Å². The van der Waals surface area contributed by atoms with Crippen LogP contribution in [0.4, 0.5) is 0 Å². The lowest BCUT2D eigenvalue weighted by atomic mass is 10.1. The zero-order chi connectivity index (χ0) is 13.1. The normalized spacial score (nSPS) is 10.2. The highest BCUT2D eigenvalue weighted by atomic mass is 79.9. The van der Waals surface area contributed by atoms with Gasteiger partial charge in [-0.05, 0) is 40.2 Å². The zero-order valence-electron chi connectivity index (χ0n) is 9.48. The summed E-state index contributed by atoms with van der Waals surface area (Å²) in [6, 6.07) is 6.64. The van der Waals surface area contributed by atoms with Crippen molar-refractivity contribution < 1.29 is 9.53 Å². The van der Waals surface area contributed by atoms with E-state index >= 15 is 0 Å². The summed E-state index contributed by atoms with van der Waals surface area (Å²) < 4.78 is 5.80. The van der Waals surface area contributed by atoms with Crippen molar-refractivity contribution in [3.05, 3.63) is 57.3 Å². The minimum Gasteiger partial charge on any atom is -0.495 e. The van der Waals surface area contributed by atoms with E-state index in [1.165, 1.54) is 13.3 Å². The monoisotopic (exact) mass is 325 g/mol. The molecule has 0 fully saturated rings. The van der Waals surface area contributed by atoms with Gasteiger partial charge in [-0.1, -0.05) is 11.6 Å². The molecule has 1 heterocycles. The fourth-order valence-corrected chi connectivity index (χ4v) is 2.13. The Morgan fingerprint density at radius 1 is 1.28 bits per heavy atom. The van der Waals surface area contributed by atoms with Crippen molar-refractivity contribution >= 4 is 33.3 Å². The van der Waals surface area contributed by atoms with Gasteiger partial charge in [0.05, 0.1) is 12.1 Å². The molecule has 1 aromatic heterocycles. The number of benzene rings is 1. The highest BCUT2D eigenvalue weighted by molar-refractivity contribution is 9.10. The lowest BCUT2D eigenvalue weighted by Crippen LogP contribution is -2.02. The minimum atomic E-state index is -0.131. The van der Waals surface area contributed by atoms with Crippen LogP contribution in [0.3, 0.4) is 0 Å².